The molecule has 0 radical (unpaired) electrons. The average Bonchev–Trinajstić information content (AvgIpc) is 2.56. The molecule has 3 nitrogen and oxygen atoms in total. The van der Waals surface area contributed by atoms with Gasteiger partial charge in [-0.1, -0.05) is 11.6 Å². The molecule has 2 heterocycles. The third-order valence-corrected chi connectivity index (χ3v) is 4.17. The van der Waals surface area contributed by atoms with Gasteiger partial charge >= 0.3 is 6.18 Å². The van der Waals surface area contributed by atoms with Crippen molar-refractivity contribution in [2.24, 2.45) is 13.0 Å². The Morgan fingerprint density at radius 2 is 1.89 bits per heavy atom. The lowest BCUT2D eigenvalue weighted by Crippen LogP contribution is -2.38. The number of likely N-dealkylation sites (tertiary alicyclic amines) is 1. The third kappa shape index (κ3) is 3.23. The van der Waals surface area contributed by atoms with Gasteiger partial charge in [0.05, 0.1) is 11.6 Å². The minimum Gasteiger partial charge on any atom is -0.299 e. The van der Waals surface area contributed by atoms with Gasteiger partial charge in [0.15, 0.2) is 0 Å². The zero-order valence-electron chi connectivity index (χ0n) is 11.0. The third-order valence-electron chi connectivity index (χ3n) is 3.70. The van der Waals surface area contributed by atoms with E-state index in [-0.39, 0.29) is 12.8 Å². The Morgan fingerprint density at radius 1 is 1.32 bits per heavy atom. The Balaban J connectivity index is 1.96. The molecule has 1 aromatic rings. The van der Waals surface area contributed by atoms with Gasteiger partial charge in [-0.25, -0.2) is 0 Å². The summed E-state index contributed by atoms with van der Waals surface area (Å²) in [6.45, 7) is 3.34. The van der Waals surface area contributed by atoms with Crippen molar-refractivity contribution in [2.45, 2.75) is 32.5 Å². The normalized spacial score (nSPS) is 19.1. The van der Waals surface area contributed by atoms with Gasteiger partial charge in [-0.2, -0.15) is 18.3 Å². The summed E-state index contributed by atoms with van der Waals surface area (Å²) in [5.74, 6) is -1.16. The molecular formula is C12H17ClF3N3. The van der Waals surface area contributed by atoms with Gasteiger partial charge in [0.2, 0.25) is 0 Å². The molecule has 1 aliphatic rings. The van der Waals surface area contributed by atoms with Crippen molar-refractivity contribution in [3.63, 3.8) is 0 Å². The summed E-state index contributed by atoms with van der Waals surface area (Å²) in [4.78, 5) is 2.01. The van der Waals surface area contributed by atoms with Crippen molar-refractivity contribution in [1.82, 2.24) is 14.7 Å². The number of nitrogens with zero attached hydrogens (tertiary/aromatic N) is 3. The minimum atomic E-state index is -4.06. The fourth-order valence-corrected chi connectivity index (χ4v) is 2.73. The highest BCUT2D eigenvalue weighted by molar-refractivity contribution is 6.30. The molecule has 1 fully saturated rings. The quantitative estimate of drug-likeness (QED) is 0.836. The van der Waals surface area contributed by atoms with Crippen LogP contribution in [-0.2, 0) is 13.6 Å². The van der Waals surface area contributed by atoms with Crippen LogP contribution in [0, 0.1) is 12.8 Å². The Labute approximate surface area is 115 Å². The topological polar surface area (TPSA) is 21.1 Å². The molecule has 1 aromatic heterocycles. The zero-order valence-corrected chi connectivity index (χ0v) is 11.7. The van der Waals surface area contributed by atoms with Crippen LogP contribution in [0.1, 0.15) is 24.1 Å². The van der Waals surface area contributed by atoms with E-state index in [1.165, 1.54) is 0 Å². The molecule has 0 unspecified atom stereocenters. The molecule has 0 aromatic carbocycles. The molecule has 108 valence electrons. The maximum absolute atomic E-state index is 12.6. The van der Waals surface area contributed by atoms with E-state index < -0.39 is 12.1 Å². The Kier molecular flexibility index (Phi) is 4.11. The number of hydrogen-bond acceptors (Lipinski definition) is 2. The van der Waals surface area contributed by atoms with Crippen molar-refractivity contribution in [2.75, 3.05) is 13.1 Å². The molecule has 0 N–H and O–H groups in total. The van der Waals surface area contributed by atoms with E-state index in [2.05, 4.69) is 5.10 Å². The van der Waals surface area contributed by atoms with Crippen LogP contribution >= 0.6 is 11.6 Å². The van der Waals surface area contributed by atoms with Crippen LogP contribution in [0.25, 0.3) is 0 Å². The van der Waals surface area contributed by atoms with E-state index in [1.807, 2.05) is 11.8 Å². The first-order valence-corrected chi connectivity index (χ1v) is 6.64. The van der Waals surface area contributed by atoms with Gasteiger partial charge < -0.3 is 0 Å². The lowest BCUT2D eigenvalue weighted by molar-refractivity contribution is -0.185. The molecule has 0 spiro atoms. The van der Waals surface area contributed by atoms with Crippen LogP contribution in [0.5, 0.6) is 0 Å². The first kappa shape index (κ1) is 14.7. The van der Waals surface area contributed by atoms with E-state index in [1.54, 1.807) is 11.7 Å². The largest absolute Gasteiger partial charge is 0.391 e. The lowest BCUT2D eigenvalue weighted by Gasteiger charge is -2.32. The molecular weight excluding hydrogens is 279 g/mol. The van der Waals surface area contributed by atoms with E-state index in [4.69, 9.17) is 11.6 Å². The van der Waals surface area contributed by atoms with Gasteiger partial charge in [0.25, 0.3) is 0 Å². The van der Waals surface area contributed by atoms with Crippen LogP contribution in [-0.4, -0.2) is 33.9 Å². The molecule has 2 rings (SSSR count). The molecule has 0 atom stereocenters. The van der Waals surface area contributed by atoms with E-state index >= 15 is 0 Å². The van der Waals surface area contributed by atoms with Gasteiger partial charge in [-0.3, -0.25) is 9.58 Å². The number of rotatable bonds is 2. The molecule has 0 amide bonds. The number of hydrogen-bond donors (Lipinski definition) is 0. The van der Waals surface area contributed by atoms with Crippen molar-refractivity contribution in [3.05, 3.63) is 16.4 Å². The summed E-state index contributed by atoms with van der Waals surface area (Å²) in [6, 6.07) is 0. The second-order valence-electron chi connectivity index (χ2n) is 5.07. The van der Waals surface area contributed by atoms with E-state index in [0.717, 1.165) is 11.3 Å². The number of alkyl halides is 3. The van der Waals surface area contributed by atoms with Crippen LogP contribution in [0.4, 0.5) is 13.2 Å². The van der Waals surface area contributed by atoms with Crippen LogP contribution < -0.4 is 0 Å². The standard InChI is InChI=1S/C12H17ClF3N3/c1-8-10(11(13)18(2)17-8)7-19-5-3-9(4-6-19)12(14,15)16/h9H,3-7H2,1-2H3. The van der Waals surface area contributed by atoms with E-state index in [0.29, 0.717) is 24.8 Å². The summed E-state index contributed by atoms with van der Waals surface area (Å²) >= 11 is 6.13. The molecule has 7 heteroatoms. The smallest absolute Gasteiger partial charge is 0.299 e. The monoisotopic (exact) mass is 295 g/mol. The number of piperidine rings is 1. The average molecular weight is 296 g/mol. The maximum Gasteiger partial charge on any atom is 0.391 e. The number of halogens is 4. The second-order valence-corrected chi connectivity index (χ2v) is 5.43. The van der Waals surface area contributed by atoms with Crippen LogP contribution in [0.3, 0.4) is 0 Å². The Morgan fingerprint density at radius 3 is 2.32 bits per heavy atom. The zero-order chi connectivity index (χ0) is 14.2. The highest BCUT2D eigenvalue weighted by Gasteiger charge is 2.41. The van der Waals surface area contributed by atoms with Crippen molar-refractivity contribution < 1.29 is 13.2 Å². The molecule has 0 aliphatic carbocycles. The fourth-order valence-electron chi connectivity index (χ4n) is 2.50. The lowest BCUT2D eigenvalue weighted by atomic mass is 9.96. The predicted octanol–water partition coefficient (Wildman–Crippen LogP) is 3.16. The molecule has 1 saturated heterocycles. The predicted molar refractivity (Wildman–Crippen MR) is 67.0 cm³/mol. The SMILES string of the molecule is Cc1nn(C)c(Cl)c1CN1CCC(C(F)(F)F)CC1. The maximum atomic E-state index is 12.6. The number of aryl methyl sites for hydroxylation is 2. The first-order chi connectivity index (χ1) is 8.79. The molecule has 19 heavy (non-hydrogen) atoms. The van der Waals surface area contributed by atoms with Gasteiger partial charge in [-0.05, 0) is 32.9 Å². The van der Waals surface area contributed by atoms with Crippen molar-refractivity contribution >= 4 is 11.6 Å². The highest BCUT2D eigenvalue weighted by atomic mass is 35.5. The van der Waals surface area contributed by atoms with Crippen molar-refractivity contribution in [3.8, 4) is 0 Å². The second kappa shape index (κ2) is 5.32. The summed E-state index contributed by atoms with van der Waals surface area (Å²) in [6.07, 6.45) is -3.73. The molecule has 0 bridgehead atoms. The first-order valence-electron chi connectivity index (χ1n) is 6.26. The Bertz CT molecular complexity index is 448. The van der Waals surface area contributed by atoms with Crippen molar-refractivity contribution in [1.29, 1.82) is 0 Å². The Hall–Kier alpha value is -0.750. The van der Waals surface area contributed by atoms with Gasteiger partial charge in [0, 0.05) is 19.2 Å². The summed E-state index contributed by atoms with van der Waals surface area (Å²) in [5, 5.41) is 4.77. The minimum absolute atomic E-state index is 0.167. The highest BCUT2D eigenvalue weighted by Crippen LogP contribution is 2.34. The summed E-state index contributed by atoms with van der Waals surface area (Å²) in [5.41, 5.74) is 1.75. The fraction of sp³-hybridized carbons (Fsp3) is 0.750. The molecule has 1 aliphatic heterocycles. The molecule has 0 saturated carbocycles. The van der Waals surface area contributed by atoms with Gasteiger partial charge in [-0.15, -0.1) is 0 Å². The number of aromatic nitrogens is 2. The summed E-state index contributed by atoms with van der Waals surface area (Å²) in [7, 11) is 1.76. The van der Waals surface area contributed by atoms with E-state index in [9.17, 15) is 13.2 Å². The summed E-state index contributed by atoms with van der Waals surface area (Å²) < 4.78 is 39.3. The van der Waals surface area contributed by atoms with Crippen LogP contribution in [0.15, 0.2) is 0 Å². The van der Waals surface area contributed by atoms with Crippen LogP contribution in [0.2, 0.25) is 5.15 Å². The van der Waals surface area contributed by atoms with Gasteiger partial charge in [0.1, 0.15) is 5.15 Å².